The molecule has 1 aromatic carbocycles. The molecule has 0 saturated carbocycles. The van der Waals surface area contributed by atoms with E-state index in [1.54, 1.807) is 7.05 Å². The van der Waals surface area contributed by atoms with Crippen LogP contribution >= 0.6 is 11.6 Å². The third-order valence-corrected chi connectivity index (χ3v) is 7.89. The molecule has 10 nitrogen and oxygen atoms in total. The first-order valence-corrected chi connectivity index (χ1v) is 13.4. The monoisotopic (exact) mass is 539 g/mol. The van der Waals surface area contributed by atoms with Crippen molar-refractivity contribution in [2.24, 2.45) is 7.05 Å². The van der Waals surface area contributed by atoms with Crippen LogP contribution in [0.4, 0.5) is 5.82 Å². The number of hydrogen-bond acceptors (Lipinski definition) is 8. The topological polar surface area (TPSA) is 101 Å². The maximum absolute atomic E-state index is 12.9. The molecule has 4 heterocycles. The molecule has 1 fully saturated rings. The summed E-state index contributed by atoms with van der Waals surface area (Å²) in [7, 11) is 1.70. The van der Waals surface area contributed by atoms with Gasteiger partial charge in [0, 0.05) is 58.7 Å². The second-order valence-corrected chi connectivity index (χ2v) is 11.1. The van der Waals surface area contributed by atoms with Gasteiger partial charge < -0.3 is 18.9 Å². The lowest BCUT2D eigenvalue weighted by Gasteiger charge is -2.47. The van der Waals surface area contributed by atoms with Crippen molar-refractivity contribution in [3.63, 3.8) is 0 Å². The third kappa shape index (κ3) is 4.28. The SMILES string of the molecule is CCn1c(CC#N)nc2c(N3C[C@@H](C)N(C(C)c4cc(Cl)c5c(c4)OC(C)(C)O5)C[C@@H]3C)nc(=O)n(C)c21. The standard InChI is InChI=1S/C27H34ClN7O3/c1-8-33-21(9-10-29)30-22-24(31-26(36)32(7)25(22)33)35-14-15(2)34(13-16(35)3)17(4)18-11-19(28)23-20(12-18)37-27(5,6)38-23/h11-12,15-17H,8-9,13-14H2,1-7H3/t15-,16+,17?/m1/s1. The van der Waals surface area contributed by atoms with Crippen molar-refractivity contribution in [3.8, 4) is 17.6 Å². The number of rotatable bonds is 5. The van der Waals surface area contributed by atoms with Gasteiger partial charge in [0.05, 0.1) is 17.5 Å². The summed E-state index contributed by atoms with van der Waals surface area (Å²) in [6.45, 7) is 14.2. The van der Waals surface area contributed by atoms with E-state index in [9.17, 15) is 10.1 Å². The zero-order valence-corrected chi connectivity index (χ0v) is 23.7. The summed E-state index contributed by atoms with van der Waals surface area (Å²) in [5.74, 6) is 1.72. The molecule has 0 N–H and O–H groups in total. The van der Waals surface area contributed by atoms with Crippen molar-refractivity contribution in [2.75, 3.05) is 18.0 Å². The Morgan fingerprint density at radius 2 is 1.95 bits per heavy atom. The van der Waals surface area contributed by atoms with Gasteiger partial charge in [-0.3, -0.25) is 9.47 Å². The van der Waals surface area contributed by atoms with E-state index in [1.807, 2.05) is 37.5 Å². The second kappa shape index (κ2) is 9.47. The van der Waals surface area contributed by atoms with E-state index in [2.05, 4.69) is 41.6 Å². The van der Waals surface area contributed by atoms with Crippen LogP contribution in [-0.2, 0) is 20.0 Å². The van der Waals surface area contributed by atoms with E-state index in [0.717, 1.165) is 12.1 Å². The Balaban J connectivity index is 1.47. The zero-order valence-electron chi connectivity index (χ0n) is 22.9. The van der Waals surface area contributed by atoms with Crippen LogP contribution in [0.3, 0.4) is 0 Å². The number of anilines is 1. The molecule has 2 aromatic heterocycles. The number of fused-ring (bicyclic) bond motifs is 2. The van der Waals surface area contributed by atoms with E-state index in [4.69, 9.17) is 26.1 Å². The molecule has 0 spiro atoms. The molecule has 0 amide bonds. The molecule has 5 rings (SSSR count). The fourth-order valence-corrected chi connectivity index (χ4v) is 6.00. The molecule has 0 radical (unpaired) electrons. The summed E-state index contributed by atoms with van der Waals surface area (Å²) < 4.78 is 15.3. The summed E-state index contributed by atoms with van der Waals surface area (Å²) >= 11 is 6.58. The Labute approximate surface area is 227 Å². The van der Waals surface area contributed by atoms with E-state index < -0.39 is 5.79 Å². The van der Waals surface area contributed by atoms with Gasteiger partial charge in [-0.15, -0.1) is 0 Å². The molecular formula is C27H34ClN7O3. The largest absolute Gasteiger partial charge is 0.449 e. The Hall–Kier alpha value is -3.29. The fraction of sp³-hybridized carbons (Fsp3) is 0.556. The number of halogens is 1. The van der Waals surface area contributed by atoms with Crippen LogP contribution in [0.1, 0.15) is 59.0 Å². The van der Waals surface area contributed by atoms with Gasteiger partial charge in [0.15, 0.2) is 17.3 Å². The highest BCUT2D eigenvalue weighted by Gasteiger charge is 2.37. The Morgan fingerprint density at radius 1 is 1.21 bits per heavy atom. The van der Waals surface area contributed by atoms with Crippen LogP contribution in [0.15, 0.2) is 16.9 Å². The number of piperazine rings is 1. The molecule has 2 aliphatic rings. The van der Waals surface area contributed by atoms with Gasteiger partial charge in [0.25, 0.3) is 0 Å². The highest BCUT2D eigenvalue weighted by atomic mass is 35.5. The second-order valence-electron chi connectivity index (χ2n) is 10.7. The molecular weight excluding hydrogens is 506 g/mol. The molecule has 2 aliphatic heterocycles. The van der Waals surface area contributed by atoms with Crippen LogP contribution in [0.5, 0.6) is 11.5 Å². The summed E-state index contributed by atoms with van der Waals surface area (Å²) in [6.07, 6.45) is 0.169. The Morgan fingerprint density at radius 3 is 2.63 bits per heavy atom. The lowest BCUT2D eigenvalue weighted by atomic mass is 10.0. The molecule has 1 unspecified atom stereocenters. The first-order chi connectivity index (χ1) is 18.0. The number of aromatic nitrogens is 4. The number of nitriles is 1. The van der Waals surface area contributed by atoms with E-state index >= 15 is 0 Å². The minimum absolute atomic E-state index is 0.0612. The molecule has 3 aromatic rings. The smallest absolute Gasteiger partial charge is 0.350 e. The van der Waals surface area contributed by atoms with Crippen molar-refractivity contribution in [3.05, 3.63) is 39.0 Å². The zero-order chi connectivity index (χ0) is 27.5. The molecule has 202 valence electrons. The number of hydrogen-bond donors (Lipinski definition) is 0. The quantitative estimate of drug-likeness (QED) is 0.479. The first kappa shape index (κ1) is 26.3. The van der Waals surface area contributed by atoms with Crippen molar-refractivity contribution in [2.45, 2.75) is 78.4 Å². The maximum atomic E-state index is 12.9. The van der Waals surface area contributed by atoms with Crippen molar-refractivity contribution in [1.29, 1.82) is 5.26 Å². The van der Waals surface area contributed by atoms with E-state index in [1.165, 1.54) is 4.57 Å². The van der Waals surface area contributed by atoms with Crippen LogP contribution < -0.4 is 20.1 Å². The molecule has 0 aliphatic carbocycles. The summed E-state index contributed by atoms with van der Waals surface area (Å²) in [4.78, 5) is 26.8. The number of aryl methyl sites for hydroxylation is 2. The van der Waals surface area contributed by atoms with Gasteiger partial charge in [-0.25, -0.2) is 9.78 Å². The van der Waals surface area contributed by atoms with E-state index in [-0.39, 0.29) is 30.2 Å². The predicted molar refractivity (Wildman–Crippen MR) is 146 cm³/mol. The van der Waals surface area contributed by atoms with Gasteiger partial charge in [0.2, 0.25) is 5.79 Å². The molecule has 1 saturated heterocycles. The van der Waals surface area contributed by atoms with Gasteiger partial charge in [0.1, 0.15) is 17.0 Å². The summed E-state index contributed by atoms with van der Waals surface area (Å²) in [5, 5.41) is 9.87. The van der Waals surface area contributed by atoms with Gasteiger partial charge in [-0.05, 0) is 45.4 Å². The van der Waals surface area contributed by atoms with Gasteiger partial charge in [-0.2, -0.15) is 10.2 Å². The van der Waals surface area contributed by atoms with Crippen LogP contribution in [-0.4, -0.2) is 55.0 Å². The highest BCUT2D eigenvalue weighted by Crippen LogP contribution is 2.46. The van der Waals surface area contributed by atoms with Crippen LogP contribution in [0.2, 0.25) is 5.02 Å². The molecule has 38 heavy (non-hydrogen) atoms. The number of benzene rings is 1. The van der Waals surface area contributed by atoms with E-state index in [0.29, 0.717) is 52.4 Å². The summed E-state index contributed by atoms with van der Waals surface area (Å²) in [6, 6.07) is 6.45. The number of ether oxygens (including phenoxy) is 2. The van der Waals surface area contributed by atoms with Crippen LogP contribution in [0.25, 0.3) is 11.2 Å². The average Bonchev–Trinajstić information content (AvgIpc) is 3.38. The van der Waals surface area contributed by atoms with Crippen molar-refractivity contribution >= 4 is 28.6 Å². The molecule has 0 bridgehead atoms. The maximum Gasteiger partial charge on any atom is 0.350 e. The Bertz CT molecular complexity index is 1510. The first-order valence-electron chi connectivity index (χ1n) is 13.0. The van der Waals surface area contributed by atoms with Gasteiger partial charge >= 0.3 is 5.69 Å². The third-order valence-electron chi connectivity index (χ3n) is 7.61. The normalized spacial score (nSPS) is 21.6. The number of nitrogens with zero attached hydrogens (tertiary/aromatic N) is 7. The fourth-order valence-electron chi connectivity index (χ4n) is 5.74. The molecule has 11 heteroatoms. The minimum atomic E-state index is -0.746. The Kier molecular flexibility index (Phi) is 6.56. The average molecular weight is 540 g/mol. The number of imidazole rings is 1. The lowest BCUT2D eigenvalue weighted by molar-refractivity contribution is -0.0431. The van der Waals surface area contributed by atoms with Gasteiger partial charge in [-0.1, -0.05) is 11.6 Å². The minimum Gasteiger partial charge on any atom is -0.449 e. The summed E-state index contributed by atoms with van der Waals surface area (Å²) in [5.41, 5.74) is 2.07. The lowest BCUT2D eigenvalue weighted by Crippen LogP contribution is -2.57. The van der Waals surface area contributed by atoms with Crippen molar-refractivity contribution < 1.29 is 9.47 Å². The highest BCUT2D eigenvalue weighted by molar-refractivity contribution is 6.32. The van der Waals surface area contributed by atoms with Crippen molar-refractivity contribution in [1.82, 2.24) is 24.0 Å². The van der Waals surface area contributed by atoms with Crippen LogP contribution in [0, 0.1) is 11.3 Å². The predicted octanol–water partition coefficient (Wildman–Crippen LogP) is 4.04. The molecule has 3 atom stereocenters.